The summed E-state index contributed by atoms with van der Waals surface area (Å²) in [6, 6.07) is 17.4. The van der Waals surface area contributed by atoms with Gasteiger partial charge < -0.3 is 10.6 Å². The minimum Gasteiger partial charge on any atom is -0.357 e. The molecule has 0 spiro atoms. The van der Waals surface area contributed by atoms with Crippen LogP contribution in [-0.2, 0) is 23.0 Å². The van der Waals surface area contributed by atoms with E-state index in [4.69, 9.17) is 0 Å². The smallest absolute Gasteiger partial charge is 0.242 e. The molecule has 152 valence electrons. The Labute approximate surface area is 168 Å². The molecule has 28 heavy (non-hydrogen) atoms. The van der Waals surface area contributed by atoms with E-state index in [1.54, 1.807) is 18.2 Å². The summed E-state index contributed by atoms with van der Waals surface area (Å²) in [6.07, 6.45) is 1.98. The first-order valence-electron chi connectivity index (χ1n) is 9.51. The van der Waals surface area contributed by atoms with E-state index in [-0.39, 0.29) is 6.54 Å². The lowest BCUT2D eigenvalue weighted by Crippen LogP contribution is -2.37. The molecule has 0 bridgehead atoms. The van der Waals surface area contributed by atoms with E-state index in [0.29, 0.717) is 16.4 Å². The van der Waals surface area contributed by atoms with Gasteiger partial charge in [-0.15, -0.1) is 0 Å². The second-order valence-corrected chi connectivity index (χ2v) is 8.73. The molecule has 0 aliphatic carbocycles. The predicted octanol–water partition coefficient (Wildman–Crippen LogP) is 2.62. The average Bonchev–Trinajstić information content (AvgIpc) is 2.70. The van der Waals surface area contributed by atoms with Crippen LogP contribution < -0.4 is 10.6 Å². The molecular formula is C21H30N4O2S. The van der Waals surface area contributed by atoms with Crippen LogP contribution in [0.5, 0.6) is 0 Å². The van der Waals surface area contributed by atoms with Crippen LogP contribution in [0.25, 0.3) is 0 Å². The van der Waals surface area contributed by atoms with Gasteiger partial charge in [0.25, 0.3) is 0 Å². The van der Waals surface area contributed by atoms with Gasteiger partial charge >= 0.3 is 0 Å². The van der Waals surface area contributed by atoms with Gasteiger partial charge in [-0.05, 0) is 37.0 Å². The standard InChI is InChI=1S/C21H30N4O2S/c1-4-22-21(23-16-10-13-18-11-6-5-7-12-18)24-17-19-14-8-9-15-20(19)28(26,27)25(2)3/h5-9,11-12,14-15H,4,10,13,16-17H2,1-3H3,(H2,22,23,24). The highest BCUT2D eigenvalue weighted by Crippen LogP contribution is 2.19. The first-order chi connectivity index (χ1) is 13.4. The number of nitrogens with zero attached hydrogens (tertiary/aromatic N) is 2. The molecule has 0 fully saturated rings. The zero-order chi connectivity index (χ0) is 20.4. The molecule has 0 atom stereocenters. The van der Waals surface area contributed by atoms with E-state index in [0.717, 1.165) is 25.9 Å². The van der Waals surface area contributed by atoms with Gasteiger partial charge in [-0.3, -0.25) is 0 Å². The highest BCUT2D eigenvalue weighted by molar-refractivity contribution is 7.89. The minimum absolute atomic E-state index is 0.289. The van der Waals surface area contributed by atoms with E-state index in [1.165, 1.54) is 24.0 Å². The molecule has 0 radical (unpaired) electrons. The molecule has 0 aliphatic rings. The number of aryl methyl sites for hydroxylation is 1. The second kappa shape index (κ2) is 10.8. The van der Waals surface area contributed by atoms with Gasteiger partial charge in [0.1, 0.15) is 0 Å². The van der Waals surface area contributed by atoms with Crippen LogP contribution in [0.2, 0.25) is 0 Å². The molecule has 0 aromatic heterocycles. The molecule has 0 saturated carbocycles. The van der Waals surface area contributed by atoms with Crippen molar-refractivity contribution in [3.63, 3.8) is 0 Å². The van der Waals surface area contributed by atoms with Crippen LogP contribution in [0, 0.1) is 0 Å². The van der Waals surface area contributed by atoms with Crippen molar-refractivity contribution in [3.05, 3.63) is 65.7 Å². The van der Waals surface area contributed by atoms with E-state index in [1.807, 2.05) is 31.2 Å². The van der Waals surface area contributed by atoms with Crippen LogP contribution >= 0.6 is 0 Å². The number of sulfonamides is 1. The molecule has 2 aromatic rings. The third-order valence-corrected chi connectivity index (χ3v) is 6.18. The topological polar surface area (TPSA) is 73.8 Å². The molecule has 0 aliphatic heterocycles. The molecule has 2 aromatic carbocycles. The molecule has 2 N–H and O–H groups in total. The fraction of sp³-hybridized carbons (Fsp3) is 0.381. The first kappa shape index (κ1) is 21.9. The first-order valence-corrected chi connectivity index (χ1v) is 11.0. The molecule has 7 heteroatoms. The highest BCUT2D eigenvalue weighted by atomic mass is 32.2. The summed E-state index contributed by atoms with van der Waals surface area (Å²) in [5.74, 6) is 0.688. The van der Waals surface area contributed by atoms with Crippen LogP contribution in [0.4, 0.5) is 0 Å². The summed E-state index contributed by atoms with van der Waals surface area (Å²) in [5.41, 5.74) is 1.99. The molecular weight excluding hydrogens is 372 g/mol. The second-order valence-electron chi connectivity index (χ2n) is 6.61. The van der Waals surface area contributed by atoms with Gasteiger partial charge in [0.2, 0.25) is 10.0 Å². The Hall–Kier alpha value is -2.38. The van der Waals surface area contributed by atoms with Crippen LogP contribution in [0.3, 0.4) is 0 Å². The third kappa shape index (κ3) is 6.35. The Morgan fingerprint density at radius 1 is 1.00 bits per heavy atom. The van der Waals surface area contributed by atoms with Crippen molar-refractivity contribution in [2.24, 2.45) is 4.99 Å². The predicted molar refractivity (Wildman–Crippen MR) is 115 cm³/mol. The number of rotatable bonds is 9. The minimum atomic E-state index is -3.50. The Bertz CT molecular complexity index is 865. The lowest BCUT2D eigenvalue weighted by Gasteiger charge is -2.15. The van der Waals surface area contributed by atoms with E-state index in [2.05, 4.69) is 27.8 Å². The molecule has 0 heterocycles. The highest BCUT2D eigenvalue weighted by Gasteiger charge is 2.20. The van der Waals surface area contributed by atoms with Gasteiger partial charge in [0, 0.05) is 27.2 Å². The van der Waals surface area contributed by atoms with Crippen LogP contribution in [0.15, 0.2) is 64.5 Å². The summed E-state index contributed by atoms with van der Waals surface area (Å²) in [4.78, 5) is 4.87. The van der Waals surface area contributed by atoms with Gasteiger partial charge in [-0.1, -0.05) is 48.5 Å². The summed E-state index contributed by atoms with van der Waals surface area (Å²) < 4.78 is 26.3. The van der Waals surface area contributed by atoms with Crippen LogP contribution in [-0.4, -0.2) is 45.9 Å². The normalized spacial score (nSPS) is 12.2. The Morgan fingerprint density at radius 2 is 1.68 bits per heavy atom. The van der Waals surface area contributed by atoms with Crippen molar-refractivity contribution in [1.29, 1.82) is 0 Å². The maximum atomic E-state index is 12.5. The van der Waals surface area contributed by atoms with Gasteiger partial charge in [0.15, 0.2) is 5.96 Å². The quantitative estimate of drug-likeness (QED) is 0.384. The zero-order valence-electron chi connectivity index (χ0n) is 16.9. The van der Waals surface area contributed by atoms with E-state index < -0.39 is 10.0 Å². The number of aliphatic imine (C=N–C) groups is 1. The van der Waals surface area contributed by atoms with E-state index in [9.17, 15) is 8.42 Å². The third-order valence-electron chi connectivity index (χ3n) is 4.26. The fourth-order valence-corrected chi connectivity index (χ4v) is 3.84. The Kier molecular flexibility index (Phi) is 8.47. The van der Waals surface area contributed by atoms with Crippen molar-refractivity contribution in [2.45, 2.75) is 31.2 Å². The number of nitrogens with one attached hydrogen (secondary N) is 2. The number of benzene rings is 2. The maximum absolute atomic E-state index is 12.5. The van der Waals surface area contributed by atoms with Crippen molar-refractivity contribution < 1.29 is 8.42 Å². The SMILES string of the molecule is CCNC(=NCc1ccccc1S(=O)(=O)N(C)C)NCCCc1ccccc1. The average molecular weight is 403 g/mol. The molecule has 0 amide bonds. The largest absolute Gasteiger partial charge is 0.357 e. The molecule has 0 unspecified atom stereocenters. The number of guanidine groups is 1. The maximum Gasteiger partial charge on any atom is 0.242 e. The summed E-state index contributed by atoms with van der Waals surface area (Å²) in [6.45, 7) is 3.82. The monoisotopic (exact) mass is 402 g/mol. The van der Waals surface area contributed by atoms with Gasteiger partial charge in [-0.25, -0.2) is 17.7 Å². The number of hydrogen-bond donors (Lipinski definition) is 2. The Balaban J connectivity index is 2.01. The fourth-order valence-electron chi connectivity index (χ4n) is 2.73. The summed E-state index contributed by atoms with van der Waals surface area (Å²) >= 11 is 0. The van der Waals surface area contributed by atoms with E-state index >= 15 is 0 Å². The van der Waals surface area contributed by atoms with Crippen molar-refractivity contribution >= 4 is 16.0 Å². The molecule has 0 saturated heterocycles. The number of hydrogen-bond acceptors (Lipinski definition) is 3. The summed E-state index contributed by atoms with van der Waals surface area (Å²) in [7, 11) is -0.425. The lowest BCUT2D eigenvalue weighted by atomic mass is 10.1. The van der Waals surface area contributed by atoms with Gasteiger partial charge in [-0.2, -0.15) is 0 Å². The zero-order valence-corrected chi connectivity index (χ0v) is 17.7. The van der Waals surface area contributed by atoms with Gasteiger partial charge in [0.05, 0.1) is 11.4 Å². The van der Waals surface area contributed by atoms with Crippen molar-refractivity contribution in [2.75, 3.05) is 27.2 Å². The Morgan fingerprint density at radius 3 is 2.36 bits per heavy atom. The molecule has 2 rings (SSSR count). The van der Waals surface area contributed by atoms with Crippen LogP contribution in [0.1, 0.15) is 24.5 Å². The van der Waals surface area contributed by atoms with Crippen molar-refractivity contribution in [3.8, 4) is 0 Å². The van der Waals surface area contributed by atoms with Crippen molar-refractivity contribution in [1.82, 2.24) is 14.9 Å². The lowest BCUT2D eigenvalue weighted by molar-refractivity contribution is 0.519. The summed E-state index contributed by atoms with van der Waals surface area (Å²) in [5, 5.41) is 6.53. The molecule has 6 nitrogen and oxygen atoms in total.